The zero-order chi connectivity index (χ0) is 11.6. The second-order valence-electron chi connectivity index (χ2n) is 4.32. The van der Waals surface area contributed by atoms with Crippen LogP contribution in [0.2, 0.25) is 0 Å². The first-order chi connectivity index (χ1) is 7.55. The Morgan fingerprint density at radius 3 is 2.88 bits per heavy atom. The Bertz CT molecular complexity index is 453. The first-order valence-corrected chi connectivity index (χ1v) is 7.27. The molecular formula is C11H16N2O2S. The van der Waals surface area contributed by atoms with E-state index in [0.29, 0.717) is 5.75 Å². The van der Waals surface area contributed by atoms with Crippen molar-refractivity contribution < 1.29 is 8.42 Å². The van der Waals surface area contributed by atoms with Gasteiger partial charge in [-0.05, 0) is 31.4 Å². The third-order valence-corrected chi connectivity index (χ3v) is 4.55. The fourth-order valence-corrected chi connectivity index (χ4v) is 3.54. The number of nitrogens with one attached hydrogen (secondary N) is 1. The van der Waals surface area contributed by atoms with Gasteiger partial charge in [-0.25, -0.2) is 13.4 Å². The number of sulfone groups is 1. The van der Waals surface area contributed by atoms with Crippen molar-refractivity contribution in [1.29, 1.82) is 0 Å². The van der Waals surface area contributed by atoms with Gasteiger partial charge in [0, 0.05) is 12.2 Å². The van der Waals surface area contributed by atoms with Gasteiger partial charge in [0.25, 0.3) is 0 Å². The summed E-state index contributed by atoms with van der Waals surface area (Å²) in [7, 11) is -2.85. The number of nitrogens with zero attached hydrogens (tertiary/aromatic N) is 1. The van der Waals surface area contributed by atoms with Crippen LogP contribution < -0.4 is 5.32 Å². The van der Waals surface area contributed by atoms with E-state index in [4.69, 9.17) is 0 Å². The van der Waals surface area contributed by atoms with Crippen LogP contribution in [-0.2, 0) is 9.84 Å². The van der Waals surface area contributed by atoms with E-state index in [-0.39, 0.29) is 11.8 Å². The average molecular weight is 240 g/mol. The summed E-state index contributed by atoms with van der Waals surface area (Å²) in [5.74, 6) is 1.31. The highest BCUT2D eigenvalue weighted by atomic mass is 32.2. The third kappa shape index (κ3) is 2.95. The lowest BCUT2D eigenvalue weighted by Crippen LogP contribution is -2.35. The van der Waals surface area contributed by atoms with Crippen molar-refractivity contribution in [3.8, 4) is 0 Å². The molecule has 1 aromatic rings. The minimum absolute atomic E-state index is 0.00829. The molecule has 1 saturated heterocycles. The lowest BCUT2D eigenvalue weighted by atomic mass is 10.2. The van der Waals surface area contributed by atoms with Gasteiger partial charge in [0.2, 0.25) is 0 Å². The van der Waals surface area contributed by atoms with Gasteiger partial charge in [-0.2, -0.15) is 0 Å². The summed E-state index contributed by atoms with van der Waals surface area (Å²) in [6.07, 6.45) is 3.42. The summed E-state index contributed by atoms with van der Waals surface area (Å²) in [6, 6.07) is 3.86. The molecule has 1 atom stereocenters. The van der Waals surface area contributed by atoms with Crippen LogP contribution in [-0.4, -0.2) is 30.9 Å². The molecular weight excluding hydrogens is 224 g/mol. The highest BCUT2D eigenvalue weighted by Gasteiger charge is 2.24. The summed E-state index contributed by atoms with van der Waals surface area (Å²) in [5.41, 5.74) is 1.10. The van der Waals surface area contributed by atoms with Crippen molar-refractivity contribution >= 4 is 15.7 Å². The van der Waals surface area contributed by atoms with Gasteiger partial charge in [-0.1, -0.05) is 6.07 Å². The fourth-order valence-electron chi connectivity index (χ4n) is 1.90. The van der Waals surface area contributed by atoms with E-state index in [1.807, 2.05) is 19.1 Å². The molecule has 0 bridgehead atoms. The molecule has 0 aliphatic carbocycles. The molecule has 1 N–H and O–H groups in total. The maximum absolute atomic E-state index is 11.4. The zero-order valence-electron chi connectivity index (χ0n) is 9.31. The Morgan fingerprint density at radius 2 is 2.25 bits per heavy atom. The predicted octanol–water partition coefficient (Wildman–Crippen LogP) is 1.38. The van der Waals surface area contributed by atoms with Crippen molar-refractivity contribution in [2.24, 2.45) is 0 Å². The minimum Gasteiger partial charge on any atom is -0.366 e. The summed E-state index contributed by atoms with van der Waals surface area (Å²) in [4.78, 5) is 4.21. The summed E-state index contributed by atoms with van der Waals surface area (Å²) >= 11 is 0. The number of hydrogen-bond donors (Lipinski definition) is 1. The molecule has 1 aromatic heterocycles. The van der Waals surface area contributed by atoms with E-state index in [2.05, 4.69) is 10.3 Å². The fraction of sp³-hybridized carbons (Fsp3) is 0.545. The summed E-state index contributed by atoms with van der Waals surface area (Å²) < 4.78 is 22.9. The highest BCUT2D eigenvalue weighted by molar-refractivity contribution is 7.91. The van der Waals surface area contributed by atoms with Gasteiger partial charge < -0.3 is 5.32 Å². The molecule has 0 aromatic carbocycles. The molecule has 4 nitrogen and oxygen atoms in total. The van der Waals surface area contributed by atoms with Crippen molar-refractivity contribution in [2.75, 3.05) is 16.8 Å². The highest BCUT2D eigenvalue weighted by Crippen LogP contribution is 2.16. The van der Waals surface area contributed by atoms with Gasteiger partial charge in [-0.15, -0.1) is 0 Å². The summed E-state index contributed by atoms with van der Waals surface area (Å²) in [6.45, 7) is 1.97. The maximum atomic E-state index is 11.4. The maximum Gasteiger partial charge on any atom is 0.152 e. The number of anilines is 1. The molecule has 0 spiro atoms. The molecule has 88 valence electrons. The van der Waals surface area contributed by atoms with Gasteiger partial charge in [-0.3, -0.25) is 0 Å². The Morgan fingerprint density at radius 1 is 1.44 bits per heavy atom. The van der Waals surface area contributed by atoms with Gasteiger partial charge in [0.1, 0.15) is 5.82 Å². The van der Waals surface area contributed by atoms with E-state index in [0.717, 1.165) is 24.2 Å². The lowest BCUT2D eigenvalue weighted by Gasteiger charge is -2.23. The standard InChI is InChI=1S/C11H16N2O2S/c1-9-4-5-11(12-7-9)13-10-3-2-6-16(14,15)8-10/h4-5,7,10H,2-3,6,8H2,1H3,(H,12,13). The molecule has 1 fully saturated rings. The smallest absolute Gasteiger partial charge is 0.152 e. The van der Waals surface area contributed by atoms with E-state index in [1.54, 1.807) is 6.20 Å². The number of hydrogen-bond acceptors (Lipinski definition) is 4. The van der Waals surface area contributed by atoms with Crippen LogP contribution >= 0.6 is 0 Å². The minimum atomic E-state index is -2.85. The van der Waals surface area contributed by atoms with Gasteiger partial charge >= 0.3 is 0 Å². The molecule has 1 aliphatic heterocycles. The second kappa shape index (κ2) is 4.41. The Hall–Kier alpha value is -1.10. The number of rotatable bonds is 2. The quantitative estimate of drug-likeness (QED) is 0.848. The zero-order valence-corrected chi connectivity index (χ0v) is 10.1. The van der Waals surface area contributed by atoms with Crippen LogP contribution in [0.3, 0.4) is 0 Å². The monoisotopic (exact) mass is 240 g/mol. The van der Waals surface area contributed by atoms with E-state index in [9.17, 15) is 8.42 Å². The largest absolute Gasteiger partial charge is 0.366 e. The van der Waals surface area contributed by atoms with Crippen LogP contribution in [0, 0.1) is 6.92 Å². The molecule has 1 unspecified atom stereocenters. The SMILES string of the molecule is Cc1ccc(NC2CCCS(=O)(=O)C2)nc1. The van der Waals surface area contributed by atoms with Gasteiger partial charge in [0.15, 0.2) is 9.84 Å². The lowest BCUT2D eigenvalue weighted by molar-refractivity contribution is 0.561. The van der Waals surface area contributed by atoms with E-state index in [1.165, 1.54) is 0 Å². The molecule has 0 saturated carbocycles. The molecule has 2 heterocycles. The summed E-state index contributed by atoms with van der Waals surface area (Å²) in [5, 5.41) is 3.17. The topological polar surface area (TPSA) is 59.1 Å². The van der Waals surface area contributed by atoms with E-state index < -0.39 is 9.84 Å². The predicted molar refractivity (Wildman–Crippen MR) is 64.3 cm³/mol. The number of aryl methyl sites for hydroxylation is 1. The second-order valence-corrected chi connectivity index (χ2v) is 6.55. The number of pyridine rings is 1. The Balaban J connectivity index is 2.02. The van der Waals surface area contributed by atoms with Crippen molar-refractivity contribution in [2.45, 2.75) is 25.8 Å². The first-order valence-electron chi connectivity index (χ1n) is 5.45. The van der Waals surface area contributed by atoms with Crippen LogP contribution in [0.1, 0.15) is 18.4 Å². The normalized spacial score (nSPS) is 23.9. The number of aromatic nitrogens is 1. The van der Waals surface area contributed by atoms with Crippen LogP contribution in [0.15, 0.2) is 18.3 Å². The molecule has 2 rings (SSSR count). The third-order valence-electron chi connectivity index (χ3n) is 2.73. The Kier molecular flexibility index (Phi) is 3.14. The molecule has 1 aliphatic rings. The van der Waals surface area contributed by atoms with Crippen LogP contribution in [0.4, 0.5) is 5.82 Å². The van der Waals surface area contributed by atoms with Crippen molar-refractivity contribution in [3.05, 3.63) is 23.9 Å². The molecule has 0 amide bonds. The Labute approximate surface area is 96.0 Å². The molecule has 5 heteroatoms. The van der Waals surface area contributed by atoms with Crippen LogP contribution in [0.5, 0.6) is 0 Å². The van der Waals surface area contributed by atoms with Crippen molar-refractivity contribution in [3.63, 3.8) is 0 Å². The average Bonchev–Trinajstić information content (AvgIpc) is 2.20. The van der Waals surface area contributed by atoms with Crippen molar-refractivity contribution in [1.82, 2.24) is 4.98 Å². The van der Waals surface area contributed by atoms with Crippen LogP contribution in [0.25, 0.3) is 0 Å². The molecule has 0 radical (unpaired) electrons. The first kappa shape index (κ1) is 11.4. The molecule has 16 heavy (non-hydrogen) atoms. The van der Waals surface area contributed by atoms with Gasteiger partial charge in [0.05, 0.1) is 11.5 Å². The van der Waals surface area contributed by atoms with E-state index >= 15 is 0 Å².